The van der Waals surface area contributed by atoms with E-state index in [1.807, 2.05) is 6.07 Å². The van der Waals surface area contributed by atoms with Crippen LogP contribution < -0.4 is 5.32 Å². The number of halogens is 1. The maximum absolute atomic E-state index is 13.5. The zero-order chi connectivity index (χ0) is 16.0. The molecule has 0 saturated heterocycles. The van der Waals surface area contributed by atoms with Crippen LogP contribution in [0.3, 0.4) is 0 Å². The van der Waals surface area contributed by atoms with Gasteiger partial charge >= 0.3 is 0 Å². The van der Waals surface area contributed by atoms with Gasteiger partial charge in [0.1, 0.15) is 5.82 Å². The Morgan fingerprint density at radius 3 is 2.38 bits per heavy atom. The van der Waals surface area contributed by atoms with E-state index < -0.39 is 0 Å². The molecule has 0 bridgehead atoms. The van der Waals surface area contributed by atoms with Gasteiger partial charge in [-0.25, -0.2) is 4.39 Å². The number of nitrogens with one attached hydrogen (secondary N) is 1. The van der Waals surface area contributed by atoms with Gasteiger partial charge in [-0.05, 0) is 57.7 Å². The Balaban J connectivity index is 2.79. The van der Waals surface area contributed by atoms with Gasteiger partial charge in [-0.2, -0.15) is 0 Å². The average Bonchev–Trinajstić information content (AvgIpc) is 2.32. The fourth-order valence-electron chi connectivity index (χ4n) is 2.35. The predicted octanol–water partition coefficient (Wildman–Crippen LogP) is 4.71. The summed E-state index contributed by atoms with van der Waals surface area (Å²) >= 11 is 0. The molecule has 0 aliphatic carbocycles. The van der Waals surface area contributed by atoms with Crippen LogP contribution >= 0.6 is 0 Å². The second-order valence-corrected chi connectivity index (χ2v) is 7.25. The van der Waals surface area contributed by atoms with Crippen molar-refractivity contribution in [1.29, 1.82) is 0 Å². The lowest BCUT2D eigenvalue weighted by Gasteiger charge is -2.28. The lowest BCUT2D eigenvalue weighted by Crippen LogP contribution is -2.39. The monoisotopic (exact) mass is 295 g/mol. The normalized spacial score (nSPS) is 15.2. The highest BCUT2D eigenvalue weighted by atomic mass is 19.1. The van der Waals surface area contributed by atoms with Crippen molar-refractivity contribution in [2.45, 2.75) is 65.7 Å². The van der Waals surface area contributed by atoms with Crippen molar-refractivity contribution in [3.63, 3.8) is 0 Å². The van der Waals surface area contributed by atoms with E-state index in [2.05, 4.69) is 46.9 Å². The zero-order valence-corrected chi connectivity index (χ0v) is 14.2. The minimum Gasteiger partial charge on any atom is -0.369 e. The second kappa shape index (κ2) is 7.90. The zero-order valence-electron chi connectivity index (χ0n) is 14.2. The van der Waals surface area contributed by atoms with Crippen LogP contribution in [-0.4, -0.2) is 18.2 Å². The lowest BCUT2D eigenvalue weighted by molar-refractivity contribution is -0.0153. The molecular formula is C18H30FNO. The molecule has 0 saturated carbocycles. The summed E-state index contributed by atoms with van der Waals surface area (Å²) in [7, 11) is 0. The van der Waals surface area contributed by atoms with Crippen molar-refractivity contribution in [1.82, 2.24) is 5.32 Å². The Morgan fingerprint density at radius 2 is 1.86 bits per heavy atom. The number of ether oxygens (including phenoxy) is 1. The third-order valence-electron chi connectivity index (χ3n) is 3.24. The van der Waals surface area contributed by atoms with E-state index in [0.717, 1.165) is 12.0 Å². The fraction of sp³-hybridized carbons (Fsp3) is 0.667. The van der Waals surface area contributed by atoms with E-state index in [-0.39, 0.29) is 23.6 Å². The first-order valence-electron chi connectivity index (χ1n) is 7.83. The number of hydrogen-bond acceptors (Lipinski definition) is 2. The van der Waals surface area contributed by atoms with Gasteiger partial charge in [0.15, 0.2) is 0 Å². The molecule has 3 heteroatoms. The molecule has 0 aliphatic heterocycles. The Kier molecular flexibility index (Phi) is 6.82. The standard InChI is InChI=1S/C18H30FNO/c1-13(2)10-14(3)21-17(12-20-18(4,5)6)15-8-7-9-16(19)11-15/h7-9,11,13-14,17,20H,10,12H2,1-6H3. The van der Waals surface area contributed by atoms with Gasteiger partial charge in [-0.3, -0.25) is 0 Å². The molecule has 0 aliphatic rings. The molecule has 0 aromatic heterocycles. The third-order valence-corrected chi connectivity index (χ3v) is 3.24. The Morgan fingerprint density at radius 1 is 1.19 bits per heavy atom. The molecular weight excluding hydrogens is 265 g/mol. The summed E-state index contributed by atoms with van der Waals surface area (Å²) in [5.41, 5.74) is 0.901. The maximum atomic E-state index is 13.5. The van der Waals surface area contributed by atoms with Crippen molar-refractivity contribution in [3.8, 4) is 0 Å². The molecule has 0 radical (unpaired) electrons. The molecule has 0 fully saturated rings. The van der Waals surface area contributed by atoms with Gasteiger partial charge in [0, 0.05) is 12.1 Å². The van der Waals surface area contributed by atoms with Crippen LogP contribution in [0.25, 0.3) is 0 Å². The van der Waals surface area contributed by atoms with Gasteiger partial charge in [-0.15, -0.1) is 0 Å². The third kappa shape index (κ3) is 7.58. The van der Waals surface area contributed by atoms with Gasteiger partial charge in [0.25, 0.3) is 0 Å². The Bertz CT molecular complexity index is 425. The first kappa shape index (κ1) is 18.1. The minimum absolute atomic E-state index is 0.0101. The highest BCUT2D eigenvalue weighted by molar-refractivity contribution is 5.19. The van der Waals surface area contributed by atoms with Crippen molar-refractivity contribution in [2.24, 2.45) is 5.92 Å². The summed E-state index contributed by atoms with van der Waals surface area (Å²) < 4.78 is 19.6. The summed E-state index contributed by atoms with van der Waals surface area (Å²) in [6.45, 7) is 13.5. The van der Waals surface area contributed by atoms with Gasteiger partial charge in [0.2, 0.25) is 0 Å². The molecule has 2 nitrogen and oxygen atoms in total. The number of hydrogen-bond donors (Lipinski definition) is 1. The summed E-state index contributed by atoms with van der Waals surface area (Å²) in [6.07, 6.45) is 1.02. The quantitative estimate of drug-likeness (QED) is 0.787. The molecule has 1 N–H and O–H groups in total. The molecule has 21 heavy (non-hydrogen) atoms. The first-order valence-corrected chi connectivity index (χ1v) is 7.83. The summed E-state index contributed by atoms with van der Waals surface area (Å²) in [5.74, 6) is 0.372. The highest BCUT2D eigenvalue weighted by Crippen LogP contribution is 2.22. The SMILES string of the molecule is CC(C)CC(C)OC(CNC(C)(C)C)c1cccc(F)c1. The van der Waals surface area contributed by atoms with Crippen LogP contribution in [0.2, 0.25) is 0 Å². The fourth-order valence-corrected chi connectivity index (χ4v) is 2.35. The summed E-state index contributed by atoms with van der Waals surface area (Å²) in [6, 6.07) is 6.71. The predicted molar refractivity (Wildman–Crippen MR) is 86.9 cm³/mol. The molecule has 0 amide bonds. The Labute approximate surface area is 129 Å². The molecule has 0 heterocycles. The molecule has 2 unspecified atom stereocenters. The van der Waals surface area contributed by atoms with Crippen molar-refractivity contribution < 1.29 is 9.13 Å². The molecule has 1 rings (SSSR count). The lowest BCUT2D eigenvalue weighted by atomic mass is 10.0. The molecule has 1 aromatic carbocycles. The first-order chi connectivity index (χ1) is 9.67. The van der Waals surface area contributed by atoms with Crippen LogP contribution in [0, 0.1) is 11.7 Å². The Hall–Kier alpha value is -0.930. The molecule has 0 spiro atoms. The van der Waals surface area contributed by atoms with E-state index in [0.29, 0.717) is 12.5 Å². The van der Waals surface area contributed by atoms with E-state index in [1.54, 1.807) is 12.1 Å². The summed E-state index contributed by atoms with van der Waals surface area (Å²) in [5, 5.41) is 3.45. The van der Waals surface area contributed by atoms with Gasteiger partial charge in [0.05, 0.1) is 12.2 Å². The highest BCUT2D eigenvalue weighted by Gasteiger charge is 2.19. The van der Waals surface area contributed by atoms with E-state index in [4.69, 9.17) is 4.74 Å². The smallest absolute Gasteiger partial charge is 0.123 e. The average molecular weight is 295 g/mol. The topological polar surface area (TPSA) is 21.3 Å². The van der Waals surface area contributed by atoms with Crippen LogP contribution in [-0.2, 0) is 4.74 Å². The molecule has 1 aromatic rings. The van der Waals surface area contributed by atoms with E-state index in [9.17, 15) is 4.39 Å². The van der Waals surface area contributed by atoms with Crippen LogP contribution in [0.4, 0.5) is 4.39 Å². The minimum atomic E-state index is -0.214. The number of rotatable bonds is 7. The summed E-state index contributed by atoms with van der Waals surface area (Å²) in [4.78, 5) is 0. The maximum Gasteiger partial charge on any atom is 0.123 e. The largest absolute Gasteiger partial charge is 0.369 e. The van der Waals surface area contributed by atoms with Crippen molar-refractivity contribution in [3.05, 3.63) is 35.6 Å². The molecule has 2 atom stereocenters. The van der Waals surface area contributed by atoms with Crippen LogP contribution in [0.15, 0.2) is 24.3 Å². The van der Waals surface area contributed by atoms with E-state index in [1.165, 1.54) is 6.07 Å². The molecule has 120 valence electrons. The van der Waals surface area contributed by atoms with Gasteiger partial charge in [-0.1, -0.05) is 26.0 Å². The van der Waals surface area contributed by atoms with Crippen molar-refractivity contribution >= 4 is 0 Å². The second-order valence-electron chi connectivity index (χ2n) is 7.25. The van der Waals surface area contributed by atoms with Gasteiger partial charge < -0.3 is 10.1 Å². The van der Waals surface area contributed by atoms with Crippen LogP contribution in [0.1, 0.15) is 59.6 Å². The van der Waals surface area contributed by atoms with Crippen molar-refractivity contribution in [2.75, 3.05) is 6.54 Å². The number of benzene rings is 1. The van der Waals surface area contributed by atoms with Crippen LogP contribution in [0.5, 0.6) is 0 Å². The van der Waals surface area contributed by atoms with E-state index >= 15 is 0 Å².